The Morgan fingerprint density at radius 3 is 2.14 bits per heavy atom. The fourth-order valence-electron chi connectivity index (χ4n) is 4.63. The third-order valence-electron chi connectivity index (χ3n) is 4.88. The predicted octanol–water partition coefficient (Wildman–Crippen LogP) is 5.55. The van der Waals surface area contributed by atoms with Gasteiger partial charge in [0.1, 0.15) is 0 Å². The number of hydrogen-bond acceptors (Lipinski definition) is 0. The van der Waals surface area contributed by atoms with Crippen molar-refractivity contribution in [3.05, 3.63) is 39.0 Å². The molecule has 120 valence electrons. The van der Waals surface area contributed by atoms with Gasteiger partial charge in [-0.2, -0.15) is 0 Å². The molecule has 22 heavy (non-hydrogen) atoms. The van der Waals surface area contributed by atoms with E-state index in [4.69, 9.17) is 0 Å². The minimum atomic E-state index is -2.07. The van der Waals surface area contributed by atoms with Crippen LogP contribution in [0.3, 0.4) is 0 Å². The van der Waals surface area contributed by atoms with Gasteiger partial charge in [0, 0.05) is 0 Å². The van der Waals surface area contributed by atoms with Crippen LogP contribution in [0.5, 0.6) is 0 Å². The molecule has 0 bridgehead atoms. The molecule has 1 heterocycles. The Labute approximate surface area is 143 Å². The second-order valence-electron chi connectivity index (χ2n) is 8.96. The normalized spacial score (nSPS) is 19.8. The summed E-state index contributed by atoms with van der Waals surface area (Å²) in [7, 11) is -1.23. The van der Waals surface area contributed by atoms with Crippen molar-refractivity contribution in [3.63, 3.8) is 0 Å². The van der Waals surface area contributed by atoms with Crippen molar-refractivity contribution in [2.75, 3.05) is 0 Å². The van der Waals surface area contributed by atoms with Crippen LogP contribution in [-0.4, -0.2) is 33.2 Å². The van der Waals surface area contributed by atoms with Gasteiger partial charge in [0.15, 0.2) is 0 Å². The van der Waals surface area contributed by atoms with Gasteiger partial charge in [-0.15, -0.1) is 0 Å². The van der Waals surface area contributed by atoms with Gasteiger partial charge in [-0.05, 0) is 0 Å². The van der Waals surface area contributed by atoms with E-state index in [1.54, 1.807) is 5.46 Å². The molecule has 1 aromatic rings. The van der Waals surface area contributed by atoms with E-state index in [9.17, 15) is 0 Å². The van der Waals surface area contributed by atoms with E-state index in [0.29, 0.717) is 6.71 Å². The monoisotopic (exact) mass is 420 g/mol. The molecule has 0 saturated carbocycles. The van der Waals surface area contributed by atoms with E-state index < -0.39 is 26.5 Å². The number of rotatable bonds is 3. The molecule has 0 aromatic heterocycles. The summed E-state index contributed by atoms with van der Waals surface area (Å²) in [6, 6.07) is 11.4. The maximum absolute atomic E-state index is 2.64. The molecule has 0 N–H and O–H groups in total. The number of hydrogen-bond donors (Lipinski definition) is 0. The van der Waals surface area contributed by atoms with Gasteiger partial charge in [-0.1, -0.05) is 0 Å². The summed E-state index contributed by atoms with van der Waals surface area (Å²) in [5, 5.41) is 0. The van der Waals surface area contributed by atoms with E-state index in [1.165, 1.54) is 32.0 Å². The van der Waals surface area contributed by atoms with Gasteiger partial charge in [0.2, 0.25) is 0 Å². The Bertz CT molecular complexity index is 507. The van der Waals surface area contributed by atoms with E-state index in [0.717, 1.165) is 0 Å². The topological polar surface area (TPSA) is 0 Å². The summed E-state index contributed by atoms with van der Waals surface area (Å²) in [5.74, 6) is 0. The molecular formula is C19H33BSiSn. The predicted molar refractivity (Wildman–Crippen MR) is 109 cm³/mol. The summed E-state index contributed by atoms with van der Waals surface area (Å²) in [4.78, 5) is 7.92. The van der Waals surface area contributed by atoms with Gasteiger partial charge < -0.3 is 0 Å². The molecule has 0 nitrogen and oxygen atoms in total. The fourth-order valence-corrected chi connectivity index (χ4v) is 31.0. The Hall–Kier alpha value is 0.0405. The zero-order chi connectivity index (χ0) is 16.4. The fraction of sp³-hybridized carbons (Fsp3) is 0.579. The van der Waals surface area contributed by atoms with Gasteiger partial charge in [-0.3, -0.25) is 0 Å². The van der Waals surface area contributed by atoms with Crippen molar-refractivity contribution in [1.82, 2.24) is 0 Å². The molecule has 3 heteroatoms. The summed E-state index contributed by atoms with van der Waals surface area (Å²) < 4.78 is 2.04. The van der Waals surface area contributed by atoms with Crippen molar-refractivity contribution in [3.8, 4) is 0 Å². The molecule has 1 aliphatic rings. The first-order valence-electron chi connectivity index (χ1n) is 9.00. The molecular weight excluding hydrogens is 386 g/mol. The Kier molecular flexibility index (Phi) is 6.09. The average Bonchev–Trinajstić information content (AvgIpc) is 2.62. The minimum absolute atomic E-state index is 0.710. The van der Waals surface area contributed by atoms with Crippen LogP contribution in [0, 0.1) is 0 Å². The summed E-state index contributed by atoms with van der Waals surface area (Å²) in [5.41, 5.74) is 3.47. The Morgan fingerprint density at radius 1 is 0.955 bits per heavy atom. The van der Waals surface area contributed by atoms with Crippen LogP contribution in [0.1, 0.15) is 25.7 Å². The van der Waals surface area contributed by atoms with Crippen molar-refractivity contribution in [2.45, 2.75) is 66.5 Å². The molecule has 0 radical (unpaired) electrons. The second kappa shape index (κ2) is 7.29. The van der Waals surface area contributed by atoms with E-state index in [2.05, 4.69) is 64.8 Å². The van der Waals surface area contributed by atoms with Crippen molar-refractivity contribution in [2.24, 2.45) is 0 Å². The molecule has 0 unspecified atom stereocenters. The first-order chi connectivity index (χ1) is 10.2. The van der Waals surface area contributed by atoms with Crippen molar-refractivity contribution in [1.29, 1.82) is 0 Å². The summed E-state index contributed by atoms with van der Waals surface area (Å²) >= 11 is -2.07. The molecule has 1 aromatic carbocycles. The SMILES string of the molecule is C[Si](C)(C)/[C](=C1\CCCCCB1c1ccccc1)[Sn]([CH3])([CH3])[CH3]. The molecule has 2 rings (SSSR count). The first-order valence-corrected chi connectivity index (χ1v) is 22.5. The zero-order valence-electron chi connectivity index (χ0n) is 15.5. The van der Waals surface area contributed by atoms with Gasteiger partial charge in [0.05, 0.1) is 0 Å². The Morgan fingerprint density at radius 2 is 1.59 bits per heavy atom. The molecule has 0 atom stereocenters. The standard InChI is InChI=1S/C16H24BSi.3CH3.Sn/c1-18(2,3)14-16-12-8-5-9-13-17(16)15-10-6-4-7-11-15;;;;/h4,6-7,10-11H,5,8-9,12-13H2,1-3H3;3*1H3;. The quantitative estimate of drug-likeness (QED) is 0.564. The van der Waals surface area contributed by atoms with E-state index >= 15 is 0 Å². The number of allylic oxidation sites excluding steroid dienone is 1. The summed E-state index contributed by atoms with van der Waals surface area (Å²) in [6.07, 6.45) is 6.98. The van der Waals surface area contributed by atoms with Crippen LogP contribution in [0.4, 0.5) is 0 Å². The maximum atomic E-state index is 2.64. The molecule has 0 aliphatic carbocycles. The second-order valence-corrected chi connectivity index (χ2v) is 29.7. The van der Waals surface area contributed by atoms with Crippen LogP contribution in [0.2, 0.25) is 40.8 Å². The van der Waals surface area contributed by atoms with Crippen molar-refractivity contribution >= 4 is 38.6 Å². The molecule has 0 spiro atoms. The molecule has 1 saturated heterocycles. The molecule has 1 fully saturated rings. The van der Waals surface area contributed by atoms with E-state index in [-0.39, 0.29) is 0 Å². The first kappa shape index (κ1) is 18.4. The molecule has 1 aliphatic heterocycles. The summed E-state index contributed by atoms with van der Waals surface area (Å²) in [6.45, 7) is 8.47. The van der Waals surface area contributed by atoms with Crippen LogP contribution in [0.15, 0.2) is 39.0 Å². The molecule has 0 amide bonds. The van der Waals surface area contributed by atoms with Crippen molar-refractivity contribution < 1.29 is 0 Å². The van der Waals surface area contributed by atoms with Crippen LogP contribution in [-0.2, 0) is 0 Å². The zero-order valence-corrected chi connectivity index (χ0v) is 19.4. The Balaban J connectivity index is 2.60. The number of benzene rings is 1. The third-order valence-corrected chi connectivity index (χ3v) is 23.4. The third kappa shape index (κ3) is 4.53. The van der Waals surface area contributed by atoms with Crippen LogP contribution < -0.4 is 5.46 Å². The van der Waals surface area contributed by atoms with Gasteiger partial charge in [0.25, 0.3) is 0 Å². The van der Waals surface area contributed by atoms with Crippen LogP contribution in [0.25, 0.3) is 0 Å². The van der Waals surface area contributed by atoms with Gasteiger partial charge in [-0.25, -0.2) is 0 Å². The van der Waals surface area contributed by atoms with E-state index in [1.807, 2.05) is 8.68 Å². The van der Waals surface area contributed by atoms with Crippen LogP contribution >= 0.6 is 0 Å². The van der Waals surface area contributed by atoms with Gasteiger partial charge >= 0.3 is 144 Å². The average molecular weight is 419 g/mol.